The van der Waals surface area contributed by atoms with Crippen molar-refractivity contribution in [2.24, 2.45) is 0 Å². The Bertz CT molecular complexity index is 200. The van der Waals surface area contributed by atoms with Gasteiger partial charge in [-0.25, -0.2) is 0 Å². The minimum atomic E-state index is 0.395. The molecule has 12 heavy (non-hydrogen) atoms. The third-order valence-electron chi connectivity index (χ3n) is 0.957. The average molecular weight is 173 g/mol. The van der Waals surface area contributed by atoms with Crippen LogP contribution in [0.4, 0.5) is 0 Å². The van der Waals surface area contributed by atoms with E-state index in [9.17, 15) is 0 Å². The molecule has 0 saturated carbocycles. The average Bonchev–Trinajstić information content (AvgIpc) is 2.14. The molecule has 0 amide bonds. The highest BCUT2D eigenvalue weighted by atomic mass is 17.8. The van der Waals surface area contributed by atoms with E-state index in [0.717, 1.165) is 0 Å². The van der Waals surface area contributed by atoms with Crippen molar-refractivity contribution in [2.75, 3.05) is 0 Å². The second-order valence-electron chi connectivity index (χ2n) is 1.67. The molecule has 0 aliphatic heterocycles. The zero-order valence-electron chi connectivity index (χ0n) is 5.84. The van der Waals surface area contributed by atoms with Crippen molar-refractivity contribution < 1.29 is 30.3 Å². The SMILES string of the molecule is [O-]OOOOOc1ccccc1. The molecule has 6 nitrogen and oxygen atoms in total. The molecule has 0 N–H and O–H groups in total. The van der Waals surface area contributed by atoms with Crippen LogP contribution >= 0.6 is 0 Å². The Labute approximate surface area is 67.4 Å². The topological polar surface area (TPSA) is 69.2 Å². The van der Waals surface area contributed by atoms with Crippen molar-refractivity contribution in [1.29, 1.82) is 0 Å². The van der Waals surface area contributed by atoms with E-state index < -0.39 is 0 Å². The van der Waals surface area contributed by atoms with Crippen LogP contribution in [0.3, 0.4) is 0 Å². The first-order valence-electron chi connectivity index (χ1n) is 2.95. The van der Waals surface area contributed by atoms with Crippen LogP contribution in [-0.4, -0.2) is 0 Å². The van der Waals surface area contributed by atoms with Gasteiger partial charge in [-0.05, 0) is 17.2 Å². The van der Waals surface area contributed by atoms with Gasteiger partial charge in [-0.2, -0.15) is 0 Å². The van der Waals surface area contributed by atoms with Gasteiger partial charge in [0.05, 0.1) is 0 Å². The summed E-state index contributed by atoms with van der Waals surface area (Å²) in [6.07, 6.45) is 0. The van der Waals surface area contributed by atoms with E-state index in [2.05, 4.69) is 25.0 Å². The molecule has 66 valence electrons. The molecule has 1 rings (SSSR count). The molecule has 0 spiro atoms. The highest BCUT2D eigenvalue weighted by molar-refractivity contribution is 5.19. The van der Waals surface area contributed by atoms with E-state index in [1.165, 1.54) is 0 Å². The van der Waals surface area contributed by atoms with Gasteiger partial charge in [-0.3, -0.25) is 5.04 Å². The van der Waals surface area contributed by atoms with Gasteiger partial charge in [0.1, 0.15) is 0 Å². The summed E-state index contributed by atoms with van der Waals surface area (Å²) in [5.41, 5.74) is 0. The van der Waals surface area contributed by atoms with Crippen LogP contribution in [0.1, 0.15) is 0 Å². The Morgan fingerprint density at radius 1 is 0.917 bits per heavy atom. The molecule has 0 aliphatic rings. The molecule has 0 unspecified atom stereocenters. The van der Waals surface area contributed by atoms with E-state index >= 15 is 0 Å². The van der Waals surface area contributed by atoms with Crippen molar-refractivity contribution in [3.05, 3.63) is 30.3 Å². The monoisotopic (exact) mass is 173 g/mol. The van der Waals surface area contributed by atoms with Gasteiger partial charge in [-0.15, -0.1) is 0 Å². The fraction of sp³-hybridized carbons (Fsp3) is 0. The van der Waals surface area contributed by atoms with Crippen molar-refractivity contribution in [1.82, 2.24) is 0 Å². The van der Waals surface area contributed by atoms with E-state index in [4.69, 9.17) is 5.26 Å². The summed E-state index contributed by atoms with van der Waals surface area (Å²) in [5.74, 6) is 0.395. The van der Waals surface area contributed by atoms with E-state index in [1.54, 1.807) is 30.3 Å². The molecule has 0 fully saturated rings. The van der Waals surface area contributed by atoms with Gasteiger partial charge in [0, 0.05) is 10.1 Å². The fourth-order valence-corrected chi connectivity index (χ4v) is 0.552. The Hall–Kier alpha value is -1.18. The largest absolute Gasteiger partial charge is 0.689 e. The van der Waals surface area contributed by atoms with Gasteiger partial charge in [0.2, 0.25) is 0 Å². The Morgan fingerprint density at radius 3 is 2.33 bits per heavy atom. The van der Waals surface area contributed by atoms with Crippen LogP contribution in [0.2, 0.25) is 0 Å². The second-order valence-corrected chi connectivity index (χ2v) is 1.67. The summed E-state index contributed by atoms with van der Waals surface area (Å²) in [6.45, 7) is 0. The summed E-state index contributed by atoms with van der Waals surface area (Å²) in [4.78, 5) is 4.44. The molecule has 0 saturated heterocycles. The first-order chi connectivity index (χ1) is 5.93. The second kappa shape index (κ2) is 5.47. The maximum atomic E-state index is 9.16. The Balaban J connectivity index is 2.16. The summed E-state index contributed by atoms with van der Waals surface area (Å²) in [5, 5.41) is 22.9. The number of rotatable bonds is 5. The molecule has 0 radical (unpaired) electrons. The quantitative estimate of drug-likeness (QED) is 0.356. The van der Waals surface area contributed by atoms with Gasteiger partial charge in [-0.1, -0.05) is 18.2 Å². The molecule has 0 bridgehead atoms. The summed E-state index contributed by atoms with van der Waals surface area (Å²) >= 11 is 0. The van der Waals surface area contributed by atoms with Crippen LogP contribution in [0.25, 0.3) is 0 Å². The predicted octanol–water partition coefficient (Wildman–Crippen LogP) is 0.0671. The zero-order chi connectivity index (χ0) is 8.65. The van der Waals surface area contributed by atoms with Crippen molar-refractivity contribution >= 4 is 0 Å². The number of hydrogen-bond donors (Lipinski definition) is 0. The lowest BCUT2D eigenvalue weighted by molar-refractivity contribution is -0.886. The molecule has 0 heterocycles. The van der Waals surface area contributed by atoms with Gasteiger partial charge < -0.3 is 10.1 Å². The van der Waals surface area contributed by atoms with Crippen molar-refractivity contribution in [3.8, 4) is 5.75 Å². The van der Waals surface area contributed by atoms with Gasteiger partial charge in [0.15, 0.2) is 5.75 Å². The van der Waals surface area contributed by atoms with Crippen LogP contribution < -0.4 is 10.1 Å². The lowest BCUT2D eigenvalue weighted by Gasteiger charge is -2.02. The molecule has 0 aliphatic carbocycles. The lowest BCUT2D eigenvalue weighted by atomic mass is 10.3. The molecular weight excluding hydrogens is 168 g/mol. The summed E-state index contributed by atoms with van der Waals surface area (Å²) in [6, 6.07) is 8.47. The molecule has 0 aromatic heterocycles. The van der Waals surface area contributed by atoms with Gasteiger partial charge in [0.25, 0.3) is 0 Å². The smallest absolute Gasteiger partial charge is 0.168 e. The molecule has 1 aromatic rings. The Morgan fingerprint density at radius 2 is 1.67 bits per heavy atom. The zero-order valence-corrected chi connectivity index (χ0v) is 5.84. The Kier molecular flexibility index (Phi) is 4.06. The van der Waals surface area contributed by atoms with Crippen LogP contribution in [0, 0.1) is 0 Å². The van der Waals surface area contributed by atoms with E-state index in [-0.39, 0.29) is 0 Å². The molecule has 0 atom stereocenters. The first-order valence-corrected chi connectivity index (χ1v) is 2.95. The third kappa shape index (κ3) is 3.28. The molecule has 1 aromatic carbocycles. The maximum absolute atomic E-state index is 9.16. The third-order valence-corrected chi connectivity index (χ3v) is 0.957. The highest BCUT2D eigenvalue weighted by Crippen LogP contribution is 2.08. The van der Waals surface area contributed by atoms with E-state index in [0.29, 0.717) is 5.75 Å². The summed E-state index contributed by atoms with van der Waals surface area (Å²) < 4.78 is 0. The first kappa shape index (κ1) is 8.91. The predicted molar refractivity (Wildman–Crippen MR) is 31.4 cm³/mol. The van der Waals surface area contributed by atoms with Crippen molar-refractivity contribution in [3.63, 3.8) is 0 Å². The van der Waals surface area contributed by atoms with Crippen molar-refractivity contribution in [2.45, 2.75) is 0 Å². The van der Waals surface area contributed by atoms with Crippen LogP contribution in [0.5, 0.6) is 5.75 Å². The number of benzene rings is 1. The lowest BCUT2D eigenvalue weighted by Crippen LogP contribution is -2.08. The minimum Gasteiger partial charge on any atom is -0.689 e. The molecule has 6 heteroatoms. The molecular formula is C6H5O6-. The van der Waals surface area contributed by atoms with Gasteiger partial charge >= 0.3 is 0 Å². The minimum absolute atomic E-state index is 0.395. The van der Waals surface area contributed by atoms with E-state index in [1.807, 2.05) is 0 Å². The number of para-hydroxylation sites is 1. The highest BCUT2D eigenvalue weighted by Gasteiger charge is 1.92. The fourth-order valence-electron chi connectivity index (χ4n) is 0.552. The van der Waals surface area contributed by atoms with Crippen LogP contribution in [-0.2, 0) is 20.2 Å². The summed E-state index contributed by atoms with van der Waals surface area (Å²) in [7, 11) is 0. The number of hydrogen-bond acceptors (Lipinski definition) is 6. The van der Waals surface area contributed by atoms with Crippen LogP contribution in [0.15, 0.2) is 30.3 Å². The normalized spacial score (nSPS) is 9.75. The maximum Gasteiger partial charge on any atom is 0.168 e. The standard InChI is InChI=1S/C6H6O6/c7-9-11-12-10-8-6-4-2-1-3-5-6/h1-5,7H/p-1.